The number of amides is 1. The van der Waals surface area contributed by atoms with E-state index in [1.165, 1.54) is 16.4 Å². The van der Waals surface area contributed by atoms with Crippen LogP contribution in [0.15, 0.2) is 40.1 Å². The predicted octanol–water partition coefficient (Wildman–Crippen LogP) is 2.03. The van der Waals surface area contributed by atoms with Crippen LogP contribution in [0.5, 0.6) is 0 Å². The van der Waals surface area contributed by atoms with Crippen molar-refractivity contribution >= 4 is 26.0 Å². The van der Waals surface area contributed by atoms with Crippen LogP contribution in [0.3, 0.4) is 0 Å². The van der Waals surface area contributed by atoms with Gasteiger partial charge in [-0.3, -0.25) is 4.79 Å². The van der Waals surface area contributed by atoms with E-state index in [2.05, 4.69) is 0 Å². The number of benzene rings is 2. The van der Waals surface area contributed by atoms with Gasteiger partial charge in [-0.1, -0.05) is 18.2 Å². The van der Waals surface area contributed by atoms with E-state index in [1.54, 1.807) is 17.0 Å². The summed E-state index contributed by atoms with van der Waals surface area (Å²) in [5.74, 6) is -0.0543. The number of hydrogen-bond acceptors (Lipinski definition) is 5. The fourth-order valence-electron chi connectivity index (χ4n) is 4.13. The number of rotatable bonds is 6. The van der Waals surface area contributed by atoms with Crippen molar-refractivity contribution < 1.29 is 21.6 Å². The van der Waals surface area contributed by atoms with Gasteiger partial charge in [-0.05, 0) is 74.1 Å². The number of carbonyl (C=O) groups is 1. The zero-order valence-corrected chi connectivity index (χ0v) is 21.1. The van der Waals surface area contributed by atoms with Crippen LogP contribution < -0.4 is 5.14 Å². The van der Waals surface area contributed by atoms with E-state index in [1.807, 2.05) is 33.8 Å². The molecule has 2 N–H and O–H groups in total. The van der Waals surface area contributed by atoms with Crippen LogP contribution in [-0.4, -0.2) is 58.1 Å². The molecule has 8 nitrogen and oxygen atoms in total. The van der Waals surface area contributed by atoms with Gasteiger partial charge in [0.15, 0.2) is 0 Å². The Kier molecular flexibility index (Phi) is 7.33. The van der Waals surface area contributed by atoms with Crippen molar-refractivity contribution in [3.8, 4) is 0 Å². The minimum atomic E-state index is -3.74. The summed E-state index contributed by atoms with van der Waals surface area (Å²) in [6.45, 7) is 8.69. The number of nitrogens with two attached hydrogens (primary N) is 1. The number of piperazine rings is 1. The second-order valence-electron chi connectivity index (χ2n) is 8.56. The Bertz CT molecular complexity index is 1240. The molecule has 0 spiro atoms. The maximum atomic E-state index is 13.4. The monoisotopic (exact) mass is 493 g/mol. The third-order valence-electron chi connectivity index (χ3n) is 6.37. The molecule has 180 valence electrons. The molecule has 0 saturated carbocycles. The molecule has 0 aromatic heterocycles. The first kappa shape index (κ1) is 25.4. The first-order chi connectivity index (χ1) is 15.3. The van der Waals surface area contributed by atoms with Gasteiger partial charge in [0.25, 0.3) is 0 Å². The van der Waals surface area contributed by atoms with E-state index in [-0.39, 0.29) is 30.3 Å². The van der Waals surface area contributed by atoms with E-state index >= 15 is 0 Å². The highest BCUT2D eigenvalue weighted by Crippen LogP contribution is 2.29. The summed E-state index contributed by atoms with van der Waals surface area (Å²) in [6, 6.07) is 8.15. The van der Waals surface area contributed by atoms with Crippen LogP contribution in [0, 0.1) is 27.7 Å². The van der Waals surface area contributed by atoms with Crippen LogP contribution >= 0.6 is 0 Å². The molecule has 1 aliphatic rings. The number of primary sulfonamides is 1. The highest BCUT2D eigenvalue weighted by atomic mass is 32.2. The van der Waals surface area contributed by atoms with Gasteiger partial charge < -0.3 is 4.90 Å². The van der Waals surface area contributed by atoms with E-state index in [0.29, 0.717) is 24.4 Å². The third-order valence-corrected chi connectivity index (χ3v) is 9.47. The van der Waals surface area contributed by atoms with E-state index < -0.39 is 20.0 Å². The standard InChI is InChI=1S/C23H31N3O5S2/c1-16-15-17(2)19(4)23(18(16)3)33(30,31)26-13-11-25(12-14-26)22(27)10-7-20-5-8-21(9-6-20)32(24,28)29/h5-6,8-9,15H,7,10-14H2,1-4H3,(H2,24,28,29). The highest BCUT2D eigenvalue weighted by molar-refractivity contribution is 7.89. The minimum absolute atomic E-state index is 0.0317. The maximum absolute atomic E-state index is 13.4. The molecule has 0 bridgehead atoms. The Morgan fingerprint density at radius 3 is 1.88 bits per heavy atom. The van der Waals surface area contributed by atoms with E-state index in [9.17, 15) is 21.6 Å². The topological polar surface area (TPSA) is 118 Å². The normalized spacial score (nSPS) is 15.6. The van der Waals surface area contributed by atoms with Crippen molar-refractivity contribution in [3.63, 3.8) is 0 Å². The first-order valence-corrected chi connectivity index (χ1v) is 13.8. The van der Waals surface area contributed by atoms with Gasteiger partial charge in [-0.25, -0.2) is 22.0 Å². The average Bonchev–Trinajstić information content (AvgIpc) is 2.76. The minimum Gasteiger partial charge on any atom is -0.340 e. The molecular weight excluding hydrogens is 462 g/mol. The molecule has 1 heterocycles. The first-order valence-electron chi connectivity index (χ1n) is 10.8. The Balaban J connectivity index is 1.62. The second kappa shape index (κ2) is 9.54. The Hall–Kier alpha value is -2.27. The lowest BCUT2D eigenvalue weighted by atomic mass is 10.0. The van der Waals surface area contributed by atoms with Gasteiger partial charge in [0.2, 0.25) is 26.0 Å². The molecule has 1 saturated heterocycles. The zero-order valence-electron chi connectivity index (χ0n) is 19.5. The van der Waals surface area contributed by atoms with Gasteiger partial charge in [0.05, 0.1) is 9.79 Å². The van der Waals surface area contributed by atoms with Crippen molar-refractivity contribution in [2.45, 2.75) is 50.3 Å². The van der Waals surface area contributed by atoms with Crippen LogP contribution in [0.4, 0.5) is 0 Å². The van der Waals surface area contributed by atoms with Crippen LogP contribution in [-0.2, 0) is 31.3 Å². The van der Waals surface area contributed by atoms with Gasteiger partial charge in [-0.2, -0.15) is 4.31 Å². The molecule has 3 rings (SSSR count). The Morgan fingerprint density at radius 2 is 1.39 bits per heavy atom. The molecule has 0 radical (unpaired) electrons. The molecule has 2 aromatic rings. The number of hydrogen-bond donors (Lipinski definition) is 1. The predicted molar refractivity (Wildman–Crippen MR) is 127 cm³/mol. The quantitative estimate of drug-likeness (QED) is 0.661. The van der Waals surface area contributed by atoms with Crippen molar-refractivity contribution in [2.24, 2.45) is 5.14 Å². The van der Waals surface area contributed by atoms with Crippen molar-refractivity contribution in [1.29, 1.82) is 0 Å². The highest BCUT2D eigenvalue weighted by Gasteiger charge is 2.32. The van der Waals surface area contributed by atoms with Gasteiger partial charge in [-0.15, -0.1) is 0 Å². The summed E-state index contributed by atoms with van der Waals surface area (Å²) in [5.41, 5.74) is 4.26. The molecule has 1 fully saturated rings. The summed E-state index contributed by atoms with van der Waals surface area (Å²) in [5, 5.41) is 5.10. The SMILES string of the molecule is Cc1cc(C)c(C)c(S(=O)(=O)N2CCN(C(=O)CCc3ccc(S(N)(=O)=O)cc3)CC2)c1C. The number of aryl methyl sites for hydroxylation is 3. The summed E-state index contributed by atoms with van der Waals surface area (Å²) in [7, 11) is -7.40. The van der Waals surface area contributed by atoms with Gasteiger partial charge in [0.1, 0.15) is 0 Å². The fourth-order valence-corrected chi connectivity index (χ4v) is 6.64. The van der Waals surface area contributed by atoms with Crippen LogP contribution in [0.1, 0.15) is 34.2 Å². The Labute approximate surface area is 196 Å². The molecular formula is C23H31N3O5S2. The van der Waals surface area contributed by atoms with Crippen molar-refractivity contribution in [1.82, 2.24) is 9.21 Å². The lowest BCUT2D eigenvalue weighted by Gasteiger charge is -2.35. The smallest absolute Gasteiger partial charge is 0.243 e. The van der Waals surface area contributed by atoms with E-state index in [4.69, 9.17) is 5.14 Å². The molecule has 10 heteroatoms. The molecule has 33 heavy (non-hydrogen) atoms. The Morgan fingerprint density at radius 1 is 0.879 bits per heavy atom. The van der Waals surface area contributed by atoms with Gasteiger partial charge >= 0.3 is 0 Å². The maximum Gasteiger partial charge on any atom is 0.243 e. The summed E-state index contributed by atoms with van der Waals surface area (Å²) in [6.07, 6.45) is 0.722. The zero-order chi connectivity index (χ0) is 24.6. The third kappa shape index (κ3) is 5.46. The fraction of sp³-hybridized carbons (Fsp3) is 0.435. The van der Waals surface area contributed by atoms with Crippen molar-refractivity contribution in [2.75, 3.05) is 26.2 Å². The average molecular weight is 494 g/mol. The largest absolute Gasteiger partial charge is 0.340 e. The van der Waals surface area contributed by atoms with Crippen molar-refractivity contribution in [3.05, 3.63) is 58.1 Å². The summed E-state index contributed by atoms with van der Waals surface area (Å²) in [4.78, 5) is 14.8. The van der Waals surface area contributed by atoms with Crippen LogP contribution in [0.2, 0.25) is 0 Å². The van der Waals surface area contributed by atoms with E-state index in [0.717, 1.165) is 27.8 Å². The lowest BCUT2D eigenvalue weighted by Crippen LogP contribution is -2.50. The molecule has 2 aromatic carbocycles. The number of sulfonamides is 2. The number of nitrogens with zero attached hydrogens (tertiary/aromatic N) is 2. The summed E-state index contributed by atoms with van der Waals surface area (Å²) < 4.78 is 50.9. The second-order valence-corrected chi connectivity index (χ2v) is 12.0. The van der Waals surface area contributed by atoms with Crippen LogP contribution in [0.25, 0.3) is 0 Å². The molecule has 1 aliphatic heterocycles. The molecule has 0 atom stereocenters. The van der Waals surface area contributed by atoms with Gasteiger partial charge in [0, 0.05) is 32.6 Å². The summed E-state index contributed by atoms with van der Waals surface area (Å²) >= 11 is 0. The lowest BCUT2D eigenvalue weighted by molar-refractivity contribution is -0.132. The molecule has 0 unspecified atom stereocenters. The molecule has 1 amide bonds. The number of carbonyl (C=O) groups excluding carboxylic acids is 1. The molecule has 0 aliphatic carbocycles.